The van der Waals surface area contributed by atoms with Crippen LogP contribution in [0.15, 0.2) is 16.3 Å². The standard InChI is InChI=1S/C8H12ClNO2S2/c1-6(5-9)10-14(11,12)8-4-3-7(2)13-8/h3-4,6,10H,5H2,1-2H3. The lowest BCUT2D eigenvalue weighted by Gasteiger charge is -2.09. The summed E-state index contributed by atoms with van der Waals surface area (Å²) in [6.45, 7) is 3.60. The van der Waals surface area contributed by atoms with Crippen LogP contribution in [-0.2, 0) is 10.0 Å². The molecule has 1 aromatic rings. The van der Waals surface area contributed by atoms with Gasteiger partial charge in [-0.05, 0) is 26.0 Å². The molecule has 80 valence electrons. The molecule has 0 aromatic carbocycles. The van der Waals surface area contributed by atoms with E-state index in [4.69, 9.17) is 11.6 Å². The summed E-state index contributed by atoms with van der Waals surface area (Å²) >= 11 is 6.78. The van der Waals surface area contributed by atoms with Crippen LogP contribution in [0.4, 0.5) is 0 Å². The van der Waals surface area contributed by atoms with E-state index < -0.39 is 10.0 Å². The van der Waals surface area contributed by atoms with Crippen molar-refractivity contribution in [3.63, 3.8) is 0 Å². The molecule has 0 aliphatic rings. The SMILES string of the molecule is Cc1ccc(S(=O)(=O)NC(C)CCl)s1. The first kappa shape index (κ1) is 12.0. The fourth-order valence-electron chi connectivity index (χ4n) is 0.911. The van der Waals surface area contributed by atoms with Crippen LogP contribution >= 0.6 is 22.9 Å². The number of halogens is 1. The van der Waals surface area contributed by atoms with E-state index in [1.54, 1.807) is 19.1 Å². The third-order valence-corrected chi connectivity index (χ3v) is 5.11. The van der Waals surface area contributed by atoms with E-state index in [-0.39, 0.29) is 11.9 Å². The van der Waals surface area contributed by atoms with Crippen LogP contribution < -0.4 is 4.72 Å². The van der Waals surface area contributed by atoms with E-state index in [0.29, 0.717) is 4.21 Å². The molecule has 0 fully saturated rings. The number of aryl methyl sites for hydroxylation is 1. The molecule has 1 N–H and O–H groups in total. The van der Waals surface area contributed by atoms with Crippen LogP contribution in [-0.4, -0.2) is 20.3 Å². The Bertz CT molecular complexity index is 399. The van der Waals surface area contributed by atoms with Gasteiger partial charge in [-0.3, -0.25) is 0 Å². The van der Waals surface area contributed by atoms with Crippen LogP contribution in [0, 0.1) is 6.92 Å². The Morgan fingerprint density at radius 3 is 2.64 bits per heavy atom. The fraction of sp³-hybridized carbons (Fsp3) is 0.500. The van der Waals surface area contributed by atoms with Crippen LogP contribution in [0.1, 0.15) is 11.8 Å². The third-order valence-electron chi connectivity index (χ3n) is 1.57. The molecule has 1 aromatic heterocycles. The Morgan fingerprint density at radius 2 is 2.21 bits per heavy atom. The topological polar surface area (TPSA) is 46.2 Å². The Balaban J connectivity index is 2.86. The van der Waals surface area contributed by atoms with Gasteiger partial charge in [0.1, 0.15) is 4.21 Å². The van der Waals surface area contributed by atoms with Crippen LogP contribution in [0.5, 0.6) is 0 Å². The predicted octanol–water partition coefficient (Wildman–Crippen LogP) is 1.96. The van der Waals surface area contributed by atoms with Crippen molar-refractivity contribution in [2.45, 2.75) is 24.1 Å². The number of nitrogens with one attached hydrogen (secondary N) is 1. The average molecular weight is 254 g/mol. The zero-order valence-electron chi connectivity index (χ0n) is 7.95. The van der Waals surface area contributed by atoms with Crippen LogP contribution in [0.2, 0.25) is 0 Å². The van der Waals surface area contributed by atoms with Gasteiger partial charge in [-0.1, -0.05) is 0 Å². The number of thiophene rings is 1. The Kier molecular flexibility index (Phi) is 3.94. The largest absolute Gasteiger partial charge is 0.250 e. The van der Waals surface area contributed by atoms with Crippen molar-refractivity contribution in [2.75, 3.05) is 5.88 Å². The monoisotopic (exact) mass is 253 g/mol. The molecule has 1 unspecified atom stereocenters. The second-order valence-electron chi connectivity index (χ2n) is 3.04. The van der Waals surface area contributed by atoms with E-state index in [2.05, 4.69) is 4.72 Å². The maximum atomic E-state index is 11.7. The van der Waals surface area contributed by atoms with Crippen molar-refractivity contribution in [3.05, 3.63) is 17.0 Å². The predicted molar refractivity (Wildman–Crippen MR) is 59.6 cm³/mol. The highest BCUT2D eigenvalue weighted by Gasteiger charge is 2.18. The Morgan fingerprint density at radius 1 is 1.57 bits per heavy atom. The molecular weight excluding hydrogens is 242 g/mol. The Labute approximate surface area is 93.1 Å². The fourth-order valence-corrected chi connectivity index (χ4v) is 3.62. The normalized spacial score (nSPS) is 14.2. The molecule has 1 rings (SSSR count). The molecule has 14 heavy (non-hydrogen) atoms. The molecule has 0 aliphatic carbocycles. The lowest BCUT2D eigenvalue weighted by molar-refractivity contribution is 0.573. The molecule has 1 atom stereocenters. The first-order chi connectivity index (χ1) is 6.45. The van der Waals surface area contributed by atoms with Crippen molar-refractivity contribution in [3.8, 4) is 0 Å². The number of rotatable bonds is 4. The minimum atomic E-state index is -3.37. The van der Waals surface area contributed by atoms with Gasteiger partial charge >= 0.3 is 0 Å². The quantitative estimate of drug-likeness (QED) is 0.834. The van der Waals surface area contributed by atoms with Crippen molar-refractivity contribution in [2.24, 2.45) is 0 Å². The van der Waals surface area contributed by atoms with E-state index in [9.17, 15) is 8.42 Å². The molecular formula is C8H12ClNO2S2. The zero-order chi connectivity index (χ0) is 10.8. The van der Waals surface area contributed by atoms with Crippen molar-refractivity contribution >= 4 is 33.0 Å². The molecule has 6 heteroatoms. The van der Waals surface area contributed by atoms with Crippen LogP contribution in [0.3, 0.4) is 0 Å². The second-order valence-corrected chi connectivity index (χ2v) is 6.58. The van der Waals surface area contributed by atoms with E-state index in [0.717, 1.165) is 4.88 Å². The first-order valence-corrected chi connectivity index (χ1v) is 6.94. The first-order valence-electron chi connectivity index (χ1n) is 4.10. The van der Waals surface area contributed by atoms with Crippen molar-refractivity contribution in [1.29, 1.82) is 0 Å². The smallest absolute Gasteiger partial charge is 0.206 e. The van der Waals surface area contributed by atoms with Gasteiger partial charge in [0.15, 0.2) is 0 Å². The summed E-state index contributed by atoms with van der Waals surface area (Å²) in [4.78, 5) is 0.976. The highest BCUT2D eigenvalue weighted by molar-refractivity contribution is 7.91. The summed E-state index contributed by atoms with van der Waals surface area (Å²) in [6, 6.07) is 3.14. The number of hydrogen-bond donors (Lipinski definition) is 1. The maximum absolute atomic E-state index is 11.7. The second kappa shape index (κ2) is 4.61. The molecule has 0 spiro atoms. The van der Waals surface area contributed by atoms with Crippen molar-refractivity contribution < 1.29 is 8.42 Å². The molecule has 1 heterocycles. The van der Waals surface area contributed by atoms with E-state index >= 15 is 0 Å². The summed E-state index contributed by atoms with van der Waals surface area (Å²) < 4.78 is 26.1. The van der Waals surface area contributed by atoms with Gasteiger partial charge in [0.05, 0.1) is 0 Å². The number of hydrogen-bond acceptors (Lipinski definition) is 3. The van der Waals surface area contributed by atoms with Gasteiger partial charge in [0, 0.05) is 16.8 Å². The Hall–Kier alpha value is -0.100. The van der Waals surface area contributed by atoms with E-state index in [1.807, 2.05) is 6.92 Å². The number of alkyl halides is 1. The molecule has 3 nitrogen and oxygen atoms in total. The summed E-state index contributed by atoms with van der Waals surface area (Å²) in [6.07, 6.45) is 0. The van der Waals surface area contributed by atoms with Gasteiger partial charge in [0.25, 0.3) is 0 Å². The molecule has 0 bridgehead atoms. The third kappa shape index (κ3) is 2.95. The molecule has 0 saturated carbocycles. The zero-order valence-corrected chi connectivity index (χ0v) is 10.3. The molecule has 0 aliphatic heterocycles. The minimum absolute atomic E-state index is 0.246. The number of sulfonamides is 1. The minimum Gasteiger partial charge on any atom is -0.206 e. The van der Waals surface area contributed by atoms with Crippen LogP contribution in [0.25, 0.3) is 0 Å². The highest BCUT2D eigenvalue weighted by atomic mass is 35.5. The van der Waals surface area contributed by atoms with Gasteiger partial charge < -0.3 is 0 Å². The highest BCUT2D eigenvalue weighted by Crippen LogP contribution is 2.20. The lowest BCUT2D eigenvalue weighted by atomic mass is 10.4. The van der Waals surface area contributed by atoms with Gasteiger partial charge in [-0.2, -0.15) is 0 Å². The summed E-state index contributed by atoms with van der Waals surface area (Å²) in [5.41, 5.74) is 0. The summed E-state index contributed by atoms with van der Waals surface area (Å²) in [5, 5.41) is 0. The van der Waals surface area contributed by atoms with Crippen molar-refractivity contribution in [1.82, 2.24) is 4.72 Å². The van der Waals surface area contributed by atoms with Gasteiger partial charge in [-0.15, -0.1) is 22.9 Å². The summed E-state index contributed by atoms with van der Waals surface area (Å²) in [5.74, 6) is 0.267. The molecule has 0 amide bonds. The summed E-state index contributed by atoms with van der Waals surface area (Å²) in [7, 11) is -3.37. The maximum Gasteiger partial charge on any atom is 0.250 e. The molecule has 0 saturated heterocycles. The average Bonchev–Trinajstić information content (AvgIpc) is 2.51. The van der Waals surface area contributed by atoms with Gasteiger partial charge in [-0.25, -0.2) is 13.1 Å². The lowest BCUT2D eigenvalue weighted by Crippen LogP contribution is -2.33. The van der Waals surface area contributed by atoms with E-state index in [1.165, 1.54) is 11.3 Å². The van der Waals surface area contributed by atoms with Gasteiger partial charge in [0.2, 0.25) is 10.0 Å². The molecule has 0 radical (unpaired) electrons.